The highest BCUT2D eigenvalue weighted by Crippen LogP contribution is 2.30. The van der Waals surface area contributed by atoms with E-state index in [9.17, 15) is 0 Å². The maximum absolute atomic E-state index is 4.36. The molecule has 4 aromatic rings. The number of rotatable bonds is 2. The normalized spacial score (nSPS) is 10.9. The summed E-state index contributed by atoms with van der Waals surface area (Å²) in [6, 6.07) is 18.7. The Labute approximate surface area is 122 Å². The Balaban J connectivity index is 1.91. The molecule has 2 heterocycles. The van der Waals surface area contributed by atoms with Crippen molar-refractivity contribution in [1.29, 1.82) is 0 Å². The molecule has 0 unspecified atom stereocenters. The number of pyridine rings is 1. The van der Waals surface area contributed by atoms with Gasteiger partial charge in [-0.15, -0.1) is 0 Å². The van der Waals surface area contributed by atoms with Gasteiger partial charge >= 0.3 is 0 Å². The maximum atomic E-state index is 4.36. The Bertz CT molecular complexity index is 890. The molecule has 3 nitrogen and oxygen atoms in total. The lowest BCUT2D eigenvalue weighted by Gasteiger charge is -2.07. The van der Waals surface area contributed by atoms with Crippen LogP contribution in [-0.4, -0.2) is 15.2 Å². The molecule has 2 aromatic heterocycles. The molecule has 0 fully saturated rings. The number of H-pyrrole nitrogens is 1. The van der Waals surface area contributed by atoms with Crippen molar-refractivity contribution >= 4 is 10.8 Å². The third kappa shape index (κ3) is 2.09. The summed E-state index contributed by atoms with van der Waals surface area (Å²) in [5.74, 6) is 0. The monoisotopic (exact) mass is 271 g/mol. The van der Waals surface area contributed by atoms with Crippen LogP contribution in [0.2, 0.25) is 0 Å². The van der Waals surface area contributed by atoms with Crippen molar-refractivity contribution < 1.29 is 0 Å². The van der Waals surface area contributed by atoms with E-state index < -0.39 is 0 Å². The van der Waals surface area contributed by atoms with Crippen LogP contribution in [0.25, 0.3) is 33.2 Å². The first-order valence-corrected chi connectivity index (χ1v) is 6.85. The van der Waals surface area contributed by atoms with E-state index in [-0.39, 0.29) is 0 Å². The van der Waals surface area contributed by atoms with Crippen LogP contribution in [-0.2, 0) is 0 Å². The Morgan fingerprint density at radius 2 is 1.71 bits per heavy atom. The van der Waals surface area contributed by atoms with E-state index in [1.165, 1.54) is 5.39 Å². The molecule has 0 atom stereocenters. The van der Waals surface area contributed by atoms with Gasteiger partial charge in [-0.2, -0.15) is 5.10 Å². The average Bonchev–Trinajstić information content (AvgIpc) is 3.09. The molecule has 0 spiro atoms. The van der Waals surface area contributed by atoms with Gasteiger partial charge in [0.2, 0.25) is 0 Å². The molecule has 0 radical (unpaired) electrons. The van der Waals surface area contributed by atoms with Crippen LogP contribution < -0.4 is 0 Å². The first-order valence-electron chi connectivity index (χ1n) is 6.85. The fraction of sp³-hybridized carbons (Fsp3) is 0. The first kappa shape index (κ1) is 11.9. The van der Waals surface area contributed by atoms with E-state index in [4.69, 9.17) is 0 Å². The third-order valence-electron chi connectivity index (χ3n) is 3.65. The van der Waals surface area contributed by atoms with Crippen molar-refractivity contribution in [2.45, 2.75) is 0 Å². The third-order valence-corrected chi connectivity index (χ3v) is 3.65. The van der Waals surface area contributed by atoms with E-state index in [1.807, 2.05) is 24.5 Å². The van der Waals surface area contributed by atoms with Gasteiger partial charge in [-0.05, 0) is 23.1 Å². The molecular weight excluding hydrogens is 258 g/mol. The second kappa shape index (κ2) is 4.87. The Morgan fingerprint density at radius 1 is 0.810 bits per heavy atom. The van der Waals surface area contributed by atoms with Crippen molar-refractivity contribution in [3.8, 4) is 22.4 Å². The summed E-state index contributed by atoms with van der Waals surface area (Å²) in [4.78, 5) is 4.36. The summed E-state index contributed by atoms with van der Waals surface area (Å²) in [5.41, 5.74) is 4.45. The summed E-state index contributed by atoms with van der Waals surface area (Å²) in [6.07, 6.45) is 5.59. The van der Waals surface area contributed by atoms with Crippen molar-refractivity contribution in [2.75, 3.05) is 0 Å². The highest BCUT2D eigenvalue weighted by atomic mass is 15.1. The van der Waals surface area contributed by atoms with Crippen LogP contribution in [0.5, 0.6) is 0 Å². The van der Waals surface area contributed by atoms with E-state index in [0.717, 1.165) is 27.8 Å². The second-order valence-electron chi connectivity index (χ2n) is 4.96. The molecule has 0 aliphatic rings. The zero-order valence-electron chi connectivity index (χ0n) is 11.3. The smallest absolute Gasteiger partial charge is 0.0650 e. The van der Waals surface area contributed by atoms with E-state index in [0.29, 0.717) is 0 Å². The van der Waals surface area contributed by atoms with Gasteiger partial charge in [-0.3, -0.25) is 10.1 Å². The summed E-state index contributed by atoms with van der Waals surface area (Å²) < 4.78 is 0. The van der Waals surface area contributed by atoms with Crippen LogP contribution in [0.3, 0.4) is 0 Å². The molecule has 3 heteroatoms. The summed E-state index contributed by atoms with van der Waals surface area (Å²) in [5, 5.41) is 9.39. The minimum absolute atomic E-state index is 1.02. The molecule has 1 N–H and O–H groups in total. The highest BCUT2D eigenvalue weighted by Gasteiger charge is 2.06. The zero-order valence-corrected chi connectivity index (χ0v) is 11.3. The topological polar surface area (TPSA) is 41.6 Å². The van der Waals surface area contributed by atoms with Gasteiger partial charge in [-0.25, -0.2) is 0 Å². The van der Waals surface area contributed by atoms with Gasteiger partial charge in [0.15, 0.2) is 0 Å². The quantitative estimate of drug-likeness (QED) is 0.591. The van der Waals surface area contributed by atoms with Crippen molar-refractivity contribution in [3.63, 3.8) is 0 Å². The summed E-state index contributed by atoms with van der Waals surface area (Å²) in [7, 11) is 0. The number of aromatic amines is 1. The van der Waals surface area contributed by atoms with Crippen molar-refractivity contribution in [1.82, 2.24) is 15.2 Å². The summed E-state index contributed by atoms with van der Waals surface area (Å²) >= 11 is 0. The SMILES string of the molecule is c1cc(-c2ccn[nH]2)cc(-c2cncc3ccccc23)c1. The Hall–Kier alpha value is -2.94. The number of nitrogens with zero attached hydrogens (tertiary/aromatic N) is 2. The average molecular weight is 271 g/mol. The van der Waals surface area contributed by atoms with Gasteiger partial charge in [0.1, 0.15) is 0 Å². The minimum Gasteiger partial charge on any atom is -0.278 e. The highest BCUT2D eigenvalue weighted by molar-refractivity contribution is 5.96. The van der Waals surface area contributed by atoms with E-state index in [1.54, 1.807) is 6.20 Å². The molecule has 0 bridgehead atoms. The van der Waals surface area contributed by atoms with Crippen LogP contribution in [0.1, 0.15) is 0 Å². The minimum atomic E-state index is 1.02. The van der Waals surface area contributed by atoms with Crippen LogP contribution >= 0.6 is 0 Å². The lowest BCUT2D eigenvalue weighted by molar-refractivity contribution is 1.10. The second-order valence-corrected chi connectivity index (χ2v) is 4.96. The molecule has 0 aliphatic carbocycles. The predicted octanol–water partition coefficient (Wildman–Crippen LogP) is 4.29. The van der Waals surface area contributed by atoms with E-state index in [2.05, 4.69) is 57.6 Å². The van der Waals surface area contributed by atoms with Crippen molar-refractivity contribution in [3.05, 3.63) is 73.2 Å². The van der Waals surface area contributed by atoms with Gasteiger partial charge in [-0.1, -0.05) is 42.5 Å². The van der Waals surface area contributed by atoms with Crippen LogP contribution in [0, 0.1) is 0 Å². The molecule has 0 amide bonds. The summed E-state index contributed by atoms with van der Waals surface area (Å²) in [6.45, 7) is 0. The number of fused-ring (bicyclic) bond motifs is 1. The molecular formula is C18H13N3. The number of benzene rings is 2. The molecule has 2 aromatic carbocycles. The number of nitrogens with one attached hydrogen (secondary N) is 1. The lowest BCUT2D eigenvalue weighted by Crippen LogP contribution is -1.85. The molecule has 21 heavy (non-hydrogen) atoms. The van der Waals surface area contributed by atoms with Gasteiger partial charge in [0.25, 0.3) is 0 Å². The molecule has 0 saturated heterocycles. The van der Waals surface area contributed by atoms with Gasteiger partial charge < -0.3 is 0 Å². The van der Waals surface area contributed by atoms with Crippen molar-refractivity contribution in [2.24, 2.45) is 0 Å². The number of aromatic nitrogens is 3. The number of hydrogen-bond acceptors (Lipinski definition) is 2. The van der Waals surface area contributed by atoms with Gasteiger partial charge in [0, 0.05) is 35.1 Å². The first-order chi connectivity index (χ1) is 10.4. The zero-order chi connectivity index (χ0) is 14.1. The molecule has 0 saturated carbocycles. The maximum Gasteiger partial charge on any atom is 0.0650 e. The van der Waals surface area contributed by atoms with Gasteiger partial charge in [0.05, 0.1) is 5.69 Å². The fourth-order valence-electron chi connectivity index (χ4n) is 2.62. The molecule has 100 valence electrons. The predicted molar refractivity (Wildman–Crippen MR) is 84.8 cm³/mol. The molecule has 4 rings (SSSR count). The number of hydrogen-bond donors (Lipinski definition) is 1. The molecule has 0 aliphatic heterocycles. The van der Waals surface area contributed by atoms with Crippen LogP contribution in [0.4, 0.5) is 0 Å². The van der Waals surface area contributed by atoms with E-state index >= 15 is 0 Å². The fourth-order valence-corrected chi connectivity index (χ4v) is 2.62. The Morgan fingerprint density at radius 3 is 2.62 bits per heavy atom. The largest absolute Gasteiger partial charge is 0.278 e. The van der Waals surface area contributed by atoms with Crippen LogP contribution in [0.15, 0.2) is 73.2 Å². The standard InChI is InChI=1S/C18H13N3/c1-2-7-16-15(4-1)11-19-12-17(16)13-5-3-6-14(10-13)18-8-9-20-21-18/h1-12H,(H,20,21). The lowest BCUT2D eigenvalue weighted by atomic mass is 9.99. The Kier molecular flexibility index (Phi) is 2.75.